The van der Waals surface area contributed by atoms with Gasteiger partial charge in [-0.15, -0.1) is 0 Å². The molecule has 1 aromatic rings. The first-order valence-electron chi connectivity index (χ1n) is 4.56. The van der Waals surface area contributed by atoms with Crippen molar-refractivity contribution in [2.24, 2.45) is 5.73 Å². The van der Waals surface area contributed by atoms with Gasteiger partial charge in [0.1, 0.15) is 0 Å². The Balaban J connectivity index is 2.82. The molecule has 1 unspecified atom stereocenters. The van der Waals surface area contributed by atoms with E-state index in [-0.39, 0.29) is 11.1 Å². The number of anilines is 1. The van der Waals surface area contributed by atoms with Gasteiger partial charge in [0.05, 0.1) is 11.9 Å². The number of pyridine rings is 1. The summed E-state index contributed by atoms with van der Waals surface area (Å²) in [6.07, 6.45) is 2.62. The van der Waals surface area contributed by atoms with Gasteiger partial charge in [-0.1, -0.05) is 0 Å². The van der Waals surface area contributed by atoms with Gasteiger partial charge in [0.25, 0.3) is 0 Å². The molecule has 0 aromatic carbocycles. The molecule has 0 aliphatic rings. The second kappa shape index (κ2) is 4.59. The molecular formula is C9H15N3O2S. The maximum atomic E-state index is 11.1. The zero-order valence-corrected chi connectivity index (χ0v) is 9.58. The van der Waals surface area contributed by atoms with E-state index in [1.807, 2.05) is 6.92 Å². The molecule has 0 fully saturated rings. The SMILES string of the molecule is CC(CN)Nc1ccc(S(C)(=O)=O)nc1. The van der Waals surface area contributed by atoms with E-state index in [1.54, 1.807) is 6.07 Å². The summed E-state index contributed by atoms with van der Waals surface area (Å²) in [5.74, 6) is 0. The van der Waals surface area contributed by atoms with Gasteiger partial charge >= 0.3 is 0 Å². The number of hydrogen-bond acceptors (Lipinski definition) is 5. The van der Waals surface area contributed by atoms with Crippen LogP contribution in [0.5, 0.6) is 0 Å². The van der Waals surface area contributed by atoms with Crippen molar-refractivity contribution in [3.63, 3.8) is 0 Å². The van der Waals surface area contributed by atoms with Crippen molar-refractivity contribution < 1.29 is 8.42 Å². The fourth-order valence-corrected chi connectivity index (χ4v) is 1.59. The van der Waals surface area contributed by atoms with E-state index >= 15 is 0 Å². The average molecular weight is 229 g/mol. The van der Waals surface area contributed by atoms with Crippen molar-refractivity contribution in [3.8, 4) is 0 Å². The molecule has 0 saturated heterocycles. The summed E-state index contributed by atoms with van der Waals surface area (Å²) in [6, 6.07) is 3.28. The lowest BCUT2D eigenvalue weighted by molar-refractivity contribution is 0.598. The molecule has 0 aliphatic carbocycles. The third-order valence-electron chi connectivity index (χ3n) is 1.88. The van der Waals surface area contributed by atoms with E-state index in [0.29, 0.717) is 6.54 Å². The van der Waals surface area contributed by atoms with Crippen molar-refractivity contribution >= 4 is 15.5 Å². The maximum Gasteiger partial charge on any atom is 0.192 e. The van der Waals surface area contributed by atoms with Gasteiger partial charge < -0.3 is 11.1 Å². The minimum Gasteiger partial charge on any atom is -0.380 e. The van der Waals surface area contributed by atoms with Gasteiger partial charge in [0.15, 0.2) is 14.9 Å². The number of nitrogens with zero attached hydrogens (tertiary/aromatic N) is 1. The van der Waals surface area contributed by atoms with Gasteiger partial charge in [-0.3, -0.25) is 0 Å². The molecule has 6 heteroatoms. The molecule has 15 heavy (non-hydrogen) atoms. The predicted molar refractivity (Wildman–Crippen MR) is 59.5 cm³/mol. The zero-order valence-electron chi connectivity index (χ0n) is 8.77. The van der Waals surface area contributed by atoms with Crippen LogP contribution in [0.2, 0.25) is 0 Å². The van der Waals surface area contributed by atoms with E-state index in [9.17, 15) is 8.42 Å². The molecule has 1 aromatic heterocycles. The number of rotatable bonds is 4. The second-order valence-corrected chi connectivity index (χ2v) is 5.40. The number of hydrogen-bond donors (Lipinski definition) is 2. The molecule has 1 atom stereocenters. The number of nitrogens with one attached hydrogen (secondary N) is 1. The smallest absolute Gasteiger partial charge is 0.192 e. The Morgan fingerprint density at radius 2 is 2.20 bits per heavy atom. The zero-order chi connectivity index (χ0) is 11.5. The first kappa shape index (κ1) is 11.9. The van der Waals surface area contributed by atoms with Crippen molar-refractivity contribution in [3.05, 3.63) is 18.3 Å². The molecule has 0 radical (unpaired) electrons. The van der Waals surface area contributed by atoms with Crippen molar-refractivity contribution in [1.82, 2.24) is 4.98 Å². The molecule has 84 valence electrons. The molecule has 0 amide bonds. The highest BCUT2D eigenvalue weighted by Gasteiger charge is 2.08. The largest absolute Gasteiger partial charge is 0.380 e. The van der Waals surface area contributed by atoms with Gasteiger partial charge in [-0.05, 0) is 19.1 Å². The van der Waals surface area contributed by atoms with Crippen LogP contribution < -0.4 is 11.1 Å². The minimum atomic E-state index is -3.22. The van der Waals surface area contributed by atoms with Crippen LogP contribution in [-0.2, 0) is 9.84 Å². The highest BCUT2D eigenvalue weighted by atomic mass is 32.2. The lowest BCUT2D eigenvalue weighted by Gasteiger charge is -2.12. The number of aromatic nitrogens is 1. The van der Waals surface area contributed by atoms with Crippen LogP contribution >= 0.6 is 0 Å². The van der Waals surface area contributed by atoms with Gasteiger partial charge in [-0.25, -0.2) is 13.4 Å². The van der Waals surface area contributed by atoms with Crippen LogP contribution in [0.1, 0.15) is 6.92 Å². The monoisotopic (exact) mass is 229 g/mol. The Kier molecular flexibility index (Phi) is 3.65. The molecule has 1 rings (SSSR count). The minimum absolute atomic E-state index is 0.0773. The summed E-state index contributed by atoms with van der Waals surface area (Å²) in [5, 5.41) is 3.17. The summed E-state index contributed by atoms with van der Waals surface area (Å²) in [4.78, 5) is 3.85. The van der Waals surface area contributed by atoms with E-state index < -0.39 is 9.84 Å². The van der Waals surface area contributed by atoms with Gasteiger partial charge in [0.2, 0.25) is 0 Å². The molecule has 3 N–H and O–H groups in total. The average Bonchev–Trinajstić information content (AvgIpc) is 2.17. The number of nitrogens with two attached hydrogens (primary N) is 1. The summed E-state index contributed by atoms with van der Waals surface area (Å²) < 4.78 is 22.2. The lowest BCUT2D eigenvalue weighted by atomic mass is 10.3. The standard InChI is InChI=1S/C9H15N3O2S/c1-7(5-10)12-8-3-4-9(11-6-8)15(2,13)14/h3-4,6-7,12H,5,10H2,1-2H3. The molecule has 0 aliphatic heterocycles. The predicted octanol–water partition coefficient (Wildman–Crippen LogP) is 0.244. The Morgan fingerprint density at radius 1 is 1.53 bits per heavy atom. The first-order chi connectivity index (χ1) is 6.93. The molecule has 5 nitrogen and oxygen atoms in total. The van der Waals surface area contributed by atoms with Crippen LogP contribution in [0.4, 0.5) is 5.69 Å². The Hall–Kier alpha value is -1.14. The Morgan fingerprint density at radius 3 is 2.60 bits per heavy atom. The van der Waals surface area contributed by atoms with Crippen LogP contribution in [-0.4, -0.2) is 32.2 Å². The van der Waals surface area contributed by atoms with Crippen LogP contribution in [0.15, 0.2) is 23.4 Å². The third kappa shape index (κ3) is 3.49. The molecule has 0 bridgehead atoms. The third-order valence-corrected chi connectivity index (χ3v) is 2.88. The highest BCUT2D eigenvalue weighted by Crippen LogP contribution is 2.10. The van der Waals surface area contributed by atoms with Crippen LogP contribution in [0.25, 0.3) is 0 Å². The summed E-state index contributed by atoms with van der Waals surface area (Å²) >= 11 is 0. The van der Waals surface area contributed by atoms with Gasteiger partial charge in [0, 0.05) is 18.8 Å². The number of sulfone groups is 1. The lowest BCUT2D eigenvalue weighted by Crippen LogP contribution is -2.25. The molecule has 1 heterocycles. The highest BCUT2D eigenvalue weighted by molar-refractivity contribution is 7.90. The first-order valence-corrected chi connectivity index (χ1v) is 6.45. The quantitative estimate of drug-likeness (QED) is 0.772. The summed E-state index contributed by atoms with van der Waals surface area (Å²) in [6.45, 7) is 2.44. The molecule has 0 spiro atoms. The molecule has 0 saturated carbocycles. The topological polar surface area (TPSA) is 85.1 Å². The normalized spacial score (nSPS) is 13.5. The fourth-order valence-electron chi connectivity index (χ4n) is 1.03. The van der Waals surface area contributed by atoms with E-state index in [4.69, 9.17) is 5.73 Å². The van der Waals surface area contributed by atoms with E-state index in [1.165, 1.54) is 12.3 Å². The summed E-state index contributed by atoms with van der Waals surface area (Å²) in [7, 11) is -3.22. The van der Waals surface area contributed by atoms with E-state index in [0.717, 1.165) is 11.9 Å². The van der Waals surface area contributed by atoms with Crippen LogP contribution in [0.3, 0.4) is 0 Å². The van der Waals surface area contributed by atoms with Crippen molar-refractivity contribution in [2.75, 3.05) is 18.1 Å². The summed E-state index contributed by atoms with van der Waals surface area (Å²) in [5.41, 5.74) is 6.20. The Bertz CT molecular complexity index is 413. The molecular weight excluding hydrogens is 214 g/mol. The Labute approximate surface area is 89.6 Å². The maximum absolute atomic E-state index is 11.1. The fraction of sp³-hybridized carbons (Fsp3) is 0.444. The van der Waals surface area contributed by atoms with Crippen LogP contribution in [0, 0.1) is 0 Å². The van der Waals surface area contributed by atoms with Crippen molar-refractivity contribution in [2.45, 2.75) is 18.0 Å². The van der Waals surface area contributed by atoms with Gasteiger partial charge in [-0.2, -0.15) is 0 Å². The second-order valence-electron chi connectivity index (χ2n) is 3.44. The van der Waals surface area contributed by atoms with E-state index in [2.05, 4.69) is 10.3 Å². The van der Waals surface area contributed by atoms with Crippen molar-refractivity contribution in [1.29, 1.82) is 0 Å².